The normalized spacial score (nSPS) is 11.1. The predicted octanol–water partition coefficient (Wildman–Crippen LogP) is 4.94. The van der Waals surface area contributed by atoms with E-state index in [-0.39, 0.29) is 0 Å². The van der Waals surface area contributed by atoms with Gasteiger partial charge in [-0.3, -0.25) is 0 Å². The third kappa shape index (κ3) is 3.72. The van der Waals surface area contributed by atoms with Gasteiger partial charge in [-0.2, -0.15) is 5.10 Å². The molecule has 1 heterocycles. The predicted molar refractivity (Wildman–Crippen MR) is 82.9 cm³/mol. The Labute approximate surface area is 128 Å². The molecule has 0 aliphatic carbocycles. The zero-order valence-electron chi connectivity index (χ0n) is 9.16. The minimum Gasteiger partial charge on any atom is -0.306 e. The molecule has 0 bridgehead atoms. The summed E-state index contributed by atoms with van der Waals surface area (Å²) in [6, 6.07) is 9.41. The number of nitrogens with zero attached hydrogens (tertiary/aromatic N) is 1. The minimum absolute atomic E-state index is 0.502. The molecule has 2 aromatic rings. The van der Waals surface area contributed by atoms with Gasteiger partial charge in [0.25, 0.3) is 0 Å². The van der Waals surface area contributed by atoms with Crippen LogP contribution in [-0.2, 0) is 6.54 Å². The van der Waals surface area contributed by atoms with Crippen molar-refractivity contribution < 1.29 is 0 Å². The molecule has 1 N–H and O–H groups in total. The van der Waals surface area contributed by atoms with E-state index in [4.69, 9.17) is 23.2 Å². The summed E-state index contributed by atoms with van der Waals surface area (Å²) in [4.78, 5) is 1.07. The maximum absolute atomic E-state index is 6.05. The van der Waals surface area contributed by atoms with E-state index in [1.165, 1.54) is 0 Å². The van der Waals surface area contributed by atoms with Crippen LogP contribution in [0.25, 0.3) is 0 Å². The lowest BCUT2D eigenvalue weighted by atomic mass is 10.2. The summed E-state index contributed by atoms with van der Waals surface area (Å²) in [5, 5.41) is 5.42. The summed E-state index contributed by atoms with van der Waals surface area (Å²) < 4.78 is 1.08. The number of hydrazone groups is 1. The molecule has 0 saturated carbocycles. The average molecular weight is 364 g/mol. The van der Waals surface area contributed by atoms with Crippen LogP contribution in [0.5, 0.6) is 0 Å². The first kappa shape index (κ1) is 13.9. The topological polar surface area (TPSA) is 24.4 Å². The number of thiophene rings is 1. The largest absolute Gasteiger partial charge is 0.306 e. The lowest BCUT2D eigenvalue weighted by molar-refractivity contribution is 0.748. The van der Waals surface area contributed by atoms with E-state index in [9.17, 15) is 0 Å². The minimum atomic E-state index is 0.502. The van der Waals surface area contributed by atoms with Crippen molar-refractivity contribution in [1.82, 2.24) is 5.43 Å². The average Bonchev–Trinajstić information content (AvgIpc) is 2.73. The van der Waals surface area contributed by atoms with Gasteiger partial charge in [-0.25, -0.2) is 0 Å². The Morgan fingerprint density at radius 2 is 1.94 bits per heavy atom. The highest BCUT2D eigenvalue weighted by atomic mass is 79.9. The molecule has 0 aliphatic heterocycles. The van der Waals surface area contributed by atoms with Gasteiger partial charge >= 0.3 is 0 Å². The van der Waals surface area contributed by atoms with Crippen LogP contribution in [0.15, 0.2) is 39.2 Å². The van der Waals surface area contributed by atoms with E-state index >= 15 is 0 Å². The number of rotatable bonds is 4. The highest BCUT2D eigenvalue weighted by molar-refractivity contribution is 9.11. The quantitative estimate of drug-likeness (QED) is 0.603. The first-order valence-electron chi connectivity index (χ1n) is 5.11. The molecule has 94 valence electrons. The van der Waals surface area contributed by atoms with Gasteiger partial charge in [-0.05, 0) is 40.2 Å². The van der Waals surface area contributed by atoms with Gasteiger partial charge in [0.05, 0.1) is 16.5 Å². The molecule has 0 amide bonds. The Balaban J connectivity index is 1.94. The molecular formula is C12H9BrCl2N2S. The number of halogens is 3. The van der Waals surface area contributed by atoms with Gasteiger partial charge in [-0.1, -0.05) is 29.3 Å². The molecule has 2 nitrogen and oxygen atoms in total. The molecule has 0 fully saturated rings. The Kier molecular flexibility index (Phi) is 5.06. The van der Waals surface area contributed by atoms with Gasteiger partial charge in [0.1, 0.15) is 0 Å². The van der Waals surface area contributed by atoms with Gasteiger partial charge in [-0.15, -0.1) is 11.3 Å². The molecule has 6 heteroatoms. The highest BCUT2D eigenvalue weighted by Crippen LogP contribution is 2.24. The third-order valence-corrected chi connectivity index (χ3v) is 4.46. The van der Waals surface area contributed by atoms with Crippen molar-refractivity contribution in [2.75, 3.05) is 0 Å². The summed E-state index contributed by atoms with van der Waals surface area (Å²) in [7, 11) is 0. The molecule has 0 aliphatic rings. The lowest BCUT2D eigenvalue weighted by Crippen LogP contribution is -2.06. The van der Waals surface area contributed by atoms with Crippen LogP contribution >= 0.6 is 50.5 Å². The van der Waals surface area contributed by atoms with Gasteiger partial charge in [0.2, 0.25) is 0 Å². The van der Waals surface area contributed by atoms with Crippen LogP contribution in [0.2, 0.25) is 10.0 Å². The van der Waals surface area contributed by atoms with Gasteiger partial charge in [0.15, 0.2) is 0 Å². The fourth-order valence-electron chi connectivity index (χ4n) is 1.33. The van der Waals surface area contributed by atoms with Crippen LogP contribution in [0.1, 0.15) is 10.4 Å². The lowest BCUT2D eigenvalue weighted by Gasteiger charge is -2.05. The maximum atomic E-state index is 6.05. The van der Waals surface area contributed by atoms with Crippen LogP contribution in [-0.4, -0.2) is 6.21 Å². The molecule has 0 radical (unpaired) electrons. The fraction of sp³-hybridized carbons (Fsp3) is 0.0833. The molecule has 1 aromatic carbocycles. The fourth-order valence-corrected chi connectivity index (χ4v) is 3.16. The SMILES string of the molecule is Clc1cccc(Cl)c1CN/N=C/c1ccc(Br)s1. The van der Waals surface area contributed by atoms with Crippen molar-refractivity contribution in [3.63, 3.8) is 0 Å². The van der Waals surface area contributed by atoms with Crippen molar-refractivity contribution in [3.05, 3.63) is 54.6 Å². The van der Waals surface area contributed by atoms with Crippen LogP contribution in [0.4, 0.5) is 0 Å². The van der Waals surface area contributed by atoms with Crippen LogP contribution in [0.3, 0.4) is 0 Å². The van der Waals surface area contributed by atoms with E-state index in [1.807, 2.05) is 30.3 Å². The zero-order valence-corrected chi connectivity index (χ0v) is 13.1. The Morgan fingerprint density at radius 3 is 2.56 bits per heavy atom. The monoisotopic (exact) mass is 362 g/mol. The second-order valence-corrected chi connectivity index (χ2v) is 6.74. The maximum Gasteiger partial charge on any atom is 0.0705 e. The standard InChI is InChI=1S/C12H9BrCl2N2S/c13-12-5-4-8(18-12)6-16-17-7-9-10(14)2-1-3-11(9)15/h1-6,17H,7H2/b16-6+. The molecule has 0 unspecified atom stereocenters. The van der Waals surface area contributed by atoms with Crippen LogP contribution in [0, 0.1) is 0 Å². The summed E-state index contributed by atoms with van der Waals surface area (Å²) in [6.07, 6.45) is 1.76. The summed E-state index contributed by atoms with van der Waals surface area (Å²) in [5.41, 5.74) is 3.79. The van der Waals surface area contributed by atoms with E-state index < -0.39 is 0 Å². The molecule has 1 aromatic heterocycles. The van der Waals surface area contributed by atoms with Crippen LogP contribution < -0.4 is 5.43 Å². The van der Waals surface area contributed by atoms with E-state index in [2.05, 4.69) is 26.5 Å². The molecular weight excluding hydrogens is 355 g/mol. The molecule has 0 saturated heterocycles. The van der Waals surface area contributed by atoms with Crippen molar-refractivity contribution in [2.24, 2.45) is 5.10 Å². The molecule has 0 spiro atoms. The van der Waals surface area contributed by atoms with Gasteiger partial charge in [0, 0.05) is 20.5 Å². The smallest absolute Gasteiger partial charge is 0.0705 e. The van der Waals surface area contributed by atoms with Crippen molar-refractivity contribution in [3.8, 4) is 0 Å². The second kappa shape index (κ2) is 6.57. The Hall–Kier alpha value is -0.550. The summed E-state index contributed by atoms with van der Waals surface area (Å²) >= 11 is 17.1. The number of benzene rings is 1. The first-order valence-corrected chi connectivity index (χ1v) is 7.47. The number of nitrogens with one attached hydrogen (secondary N) is 1. The summed E-state index contributed by atoms with van der Waals surface area (Å²) in [6.45, 7) is 0.502. The van der Waals surface area contributed by atoms with E-state index in [0.29, 0.717) is 16.6 Å². The first-order chi connectivity index (χ1) is 8.66. The Bertz CT molecular complexity index is 549. The zero-order chi connectivity index (χ0) is 13.0. The molecule has 0 atom stereocenters. The number of hydrogen-bond acceptors (Lipinski definition) is 3. The van der Waals surface area contributed by atoms with Crippen molar-refractivity contribution in [2.45, 2.75) is 6.54 Å². The highest BCUT2D eigenvalue weighted by Gasteiger charge is 2.03. The number of hydrogen-bond donors (Lipinski definition) is 1. The van der Waals surface area contributed by atoms with Gasteiger partial charge < -0.3 is 5.43 Å². The third-order valence-electron chi connectivity index (χ3n) is 2.19. The Morgan fingerprint density at radius 1 is 1.22 bits per heavy atom. The second-order valence-electron chi connectivity index (χ2n) is 3.44. The summed E-state index contributed by atoms with van der Waals surface area (Å²) in [5.74, 6) is 0. The molecule has 2 rings (SSSR count). The molecule has 18 heavy (non-hydrogen) atoms. The van der Waals surface area contributed by atoms with E-state index in [1.54, 1.807) is 17.6 Å². The van der Waals surface area contributed by atoms with E-state index in [0.717, 1.165) is 14.2 Å². The van der Waals surface area contributed by atoms with Crippen molar-refractivity contribution >= 4 is 56.7 Å². The van der Waals surface area contributed by atoms with Crippen molar-refractivity contribution in [1.29, 1.82) is 0 Å².